The lowest BCUT2D eigenvalue weighted by Gasteiger charge is -2.17. The largest absolute Gasteiger partial charge is 0.496 e. The third-order valence-electron chi connectivity index (χ3n) is 4.78. The maximum atomic E-state index is 9.40. The Balaban J connectivity index is 1.70. The second kappa shape index (κ2) is 6.80. The Morgan fingerprint density at radius 2 is 2.15 bits per heavy atom. The molecule has 2 aromatic heterocycles. The van der Waals surface area contributed by atoms with Crippen LogP contribution in [-0.2, 0) is 6.54 Å². The van der Waals surface area contributed by atoms with Crippen LogP contribution in [0.15, 0.2) is 30.5 Å². The van der Waals surface area contributed by atoms with Crippen LogP contribution in [-0.4, -0.2) is 51.7 Å². The van der Waals surface area contributed by atoms with Crippen molar-refractivity contribution in [3.63, 3.8) is 0 Å². The molecular weight excluding hydrogens is 332 g/mol. The Bertz CT molecular complexity index is 925. The van der Waals surface area contributed by atoms with Gasteiger partial charge < -0.3 is 20.5 Å². The summed E-state index contributed by atoms with van der Waals surface area (Å²) in [5.74, 6) is 2.05. The summed E-state index contributed by atoms with van der Waals surface area (Å²) < 4.78 is 7.25. The topological polar surface area (TPSA) is 102 Å². The molecule has 8 heteroatoms. The van der Waals surface area contributed by atoms with Gasteiger partial charge in [0.25, 0.3) is 0 Å². The van der Waals surface area contributed by atoms with E-state index in [-0.39, 0.29) is 18.5 Å². The van der Waals surface area contributed by atoms with Gasteiger partial charge >= 0.3 is 0 Å². The molecule has 0 unspecified atom stereocenters. The Kier molecular flexibility index (Phi) is 4.34. The summed E-state index contributed by atoms with van der Waals surface area (Å²) in [4.78, 5) is 10.9. The summed E-state index contributed by atoms with van der Waals surface area (Å²) in [6, 6.07) is 7.86. The maximum Gasteiger partial charge on any atom is 0.222 e. The molecule has 1 fully saturated rings. The first kappa shape index (κ1) is 16.6. The lowest BCUT2D eigenvalue weighted by molar-refractivity contribution is 0.238. The number of nitrogen functional groups attached to an aromatic ring is 1. The molecule has 8 nitrogen and oxygen atoms in total. The smallest absolute Gasteiger partial charge is 0.222 e. The van der Waals surface area contributed by atoms with Gasteiger partial charge in [-0.25, -0.2) is 4.98 Å². The number of aromatic nitrogens is 4. The zero-order chi connectivity index (χ0) is 18.1. The lowest BCUT2D eigenvalue weighted by Crippen LogP contribution is -2.22. The van der Waals surface area contributed by atoms with Gasteiger partial charge in [0, 0.05) is 31.2 Å². The number of aliphatic hydroxyl groups is 1. The van der Waals surface area contributed by atoms with Crippen LogP contribution in [0.4, 0.5) is 11.8 Å². The van der Waals surface area contributed by atoms with Crippen molar-refractivity contribution >= 4 is 22.8 Å². The summed E-state index contributed by atoms with van der Waals surface area (Å²) in [7, 11) is 1.66. The molecule has 1 aliphatic heterocycles. The van der Waals surface area contributed by atoms with Gasteiger partial charge in [0.05, 0.1) is 19.9 Å². The zero-order valence-electron chi connectivity index (χ0n) is 14.7. The van der Waals surface area contributed by atoms with E-state index in [9.17, 15) is 5.11 Å². The minimum atomic E-state index is 0.183. The molecule has 3 N–H and O–H groups in total. The highest BCUT2D eigenvalue weighted by molar-refractivity contribution is 5.86. The third kappa shape index (κ3) is 3.03. The third-order valence-corrected chi connectivity index (χ3v) is 4.78. The molecule has 1 aromatic carbocycles. The summed E-state index contributed by atoms with van der Waals surface area (Å²) in [5.41, 5.74) is 8.39. The van der Waals surface area contributed by atoms with Gasteiger partial charge in [0.2, 0.25) is 5.95 Å². The highest BCUT2D eigenvalue weighted by Crippen LogP contribution is 2.29. The van der Waals surface area contributed by atoms with Crippen molar-refractivity contribution in [2.75, 3.05) is 37.4 Å². The number of hydrogen-bond acceptors (Lipinski definition) is 7. The van der Waals surface area contributed by atoms with Gasteiger partial charge in [-0.05, 0) is 12.5 Å². The Labute approximate surface area is 151 Å². The average molecular weight is 354 g/mol. The first-order valence-corrected chi connectivity index (χ1v) is 8.66. The number of hydrogen-bond donors (Lipinski definition) is 2. The predicted octanol–water partition coefficient (Wildman–Crippen LogP) is 1.28. The van der Waals surface area contributed by atoms with Crippen LogP contribution < -0.4 is 15.4 Å². The molecule has 136 valence electrons. The number of fused-ring (bicyclic) bond motifs is 1. The number of nitrogens with zero attached hydrogens (tertiary/aromatic N) is 5. The summed E-state index contributed by atoms with van der Waals surface area (Å²) in [6.07, 6.45) is 2.81. The van der Waals surface area contributed by atoms with Crippen LogP contribution in [0, 0.1) is 5.92 Å². The number of nitrogens with two attached hydrogens (primary N) is 1. The molecule has 1 aliphatic rings. The molecule has 4 rings (SSSR count). The standard InChI is InChI=1S/C18H22N6O2/c1-26-15-5-3-2-4-13(15)9-24-10-14-16(22-24)17(21-18(19)20-14)23-7-6-12(8-23)11-25/h2-5,10,12,25H,6-9,11H2,1H3,(H2,19,20)/t12-/m0/s1. The molecule has 26 heavy (non-hydrogen) atoms. The van der Waals surface area contributed by atoms with Gasteiger partial charge in [-0.15, -0.1) is 0 Å². The van der Waals surface area contributed by atoms with E-state index in [4.69, 9.17) is 15.6 Å². The average Bonchev–Trinajstić information content (AvgIpc) is 3.28. The van der Waals surface area contributed by atoms with E-state index in [1.807, 2.05) is 35.1 Å². The van der Waals surface area contributed by atoms with Crippen molar-refractivity contribution in [2.24, 2.45) is 5.92 Å². The summed E-state index contributed by atoms with van der Waals surface area (Å²) in [5, 5.41) is 14.1. The molecule has 0 bridgehead atoms. The number of para-hydroxylation sites is 1. The van der Waals surface area contributed by atoms with Gasteiger partial charge in [0.1, 0.15) is 11.3 Å². The first-order chi connectivity index (χ1) is 12.7. The summed E-state index contributed by atoms with van der Waals surface area (Å²) in [6.45, 7) is 2.33. The van der Waals surface area contributed by atoms with Gasteiger partial charge in [-0.1, -0.05) is 18.2 Å². The van der Waals surface area contributed by atoms with Crippen molar-refractivity contribution in [3.05, 3.63) is 36.0 Å². The molecule has 0 aliphatic carbocycles. The molecule has 3 aromatic rings. The Morgan fingerprint density at radius 3 is 2.92 bits per heavy atom. The number of aliphatic hydroxyl groups excluding tert-OH is 1. The first-order valence-electron chi connectivity index (χ1n) is 8.66. The molecule has 0 spiro atoms. The maximum absolute atomic E-state index is 9.40. The van der Waals surface area contributed by atoms with Crippen LogP contribution in [0.25, 0.3) is 11.0 Å². The minimum absolute atomic E-state index is 0.183. The number of rotatable bonds is 5. The van der Waals surface area contributed by atoms with E-state index in [1.165, 1.54) is 0 Å². The quantitative estimate of drug-likeness (QED) is 0.711. The number of benzene rings is 1. The van der Waals surface area contributed by atoms with E-state index in [0.717, 1.165) is 47.7 Å². The fraction of sp³-hybridized carbons (Fsp3) is 0.389. The van der Waals surface area contributed by atoms with Crippen molar-refractivity contribution in [1.29, 1.82) is 0 Å². The Morgan fingerprint density at radius 1 is 1.31 bits per heavy atom. The lowest BCUT2D eigenvalue weighted by atomic mass is 10.1. The molecule has 1 saturated heterocycles. The van der Waals surface area contributed by atoms with Crippen molar-refractivity contribution < 1.29 is 9.84 Å². The summed E-state index contributed by atoms with van der Waals surface area (Å²) >= 11 is 0. The van der Waals surface area contributed by atoms with E-state index < -0.39 is 0 Å². The number of anilines is 2. The highest BCUT2D eigenvalue weighted by atomic mass is 16.5. The minimum Gasteiger partial charge on any atom is -0.496 e. The molecule has 0 saturated carbocycles. The molecule has 3 heterocycles. The van der Waals surface area contributed by atoms with Crippen LogP contribution >= 0.6 is 0 Å². The normalized spacial score (nSPS) is 17.2. The Hall–Kier alpha value is -2.87. The van der Waals surface area contributed by atoms with Crippen LogP contribution in [0.5, 0.6) is 5.75 Å². The monoisotopic (exact) mass is 354 g/mol. The molecule has 0 radical (unpaired) electrons. The van der Waals surface area contributed by atoms with Gasteiger partial charge in [-0.2, -0.15) is 10.1 Å². The van der Waals surface area contributed by atoms with Gasteiger partial charge in [-0.3, -0.25) is 4.68 Å². The van der Waals surface area contributed by atoms with Crippen LogP contribution in [0.3, 0.4) is 0 Å². The van der Waals surface area contributed by atoms with E-state index in [2.05, 4.69) is 14.9 Å². The van der Waals surface area contributed by atoms with Crippen LogP contribution in [0.2, 0.25) is 0 Å². The van der Waals surface area contributed by atoms with E-state index >= 15 is 0 Å². The van der Waals surface area contributed by atoms with E-state index in [0.29, 0.717) is 6.54 Å². The fourth-order valence-corrected chi connectivity index (χ4v) is 3.45. The second-order valence-corrected chi connectivity index (χ2v) is 6.56. The molecular formula is C18H22N6O2. The van der Waals surface area contributed by atoms with Crippen molar-refractivity contribution in [1.82, 2.24) is 19.7 Å². The number of ether oxygens (including phenoxy) is 1. The SMILES string of the molecule is COc1ccccc1Cn1cc2nc(N)nc(N3CC[C@H](CO)C3)c2n1. The predicted molar refractivity (Wildman–Crippen MR) is 99.2 cm³/mol. The fourth-order valence-electron chi connectivity index (χ4n) is 3.45. The highest BCUT2D eigenvalue weighted by Gasteiger charge is 2.26. The second-order valence-electron chi connectivity index (χ2n) is 6.56. The van der Waals surface area contributed by atoms with Crippen molar-refractivity contribution in [2.45, 2.75) is 13.0 Å². The van der Waals surface area contributed by atoms with E-state index in [1.54, 1.807) is 7.11 Å². The van der Waals surface area contributed by atoms with Crippen molar-refractivity contribution in [3.8, 4) is 5.75 Å². The molecule has 1 atom stereocenters. The molecule has 0 amide bonds. The van der Waals surface area contributed by atoms with Gasteiger partial charge in [0.15, 0.2) is 11.3 Å². The number of methoxy groups -OCH3 is 1. The van der Waals surface area contributed by atoms with Crippen LogP contribution in [0.1, 0.15) is 12.0 Å². The zero-order valence-corrected chi connectivity index (χ0v) is 14.7.